The molecule has 0 spiro atoms. The zero-order valence-corrected chi connectivity index (χ0v) is 14.5. The van der Waals surface area contributed by atoms with Crippen molar-refractivity contribution in [1.29, 1.82) is 0 Å². The SMILES string of the molecule is COCCNC(=O)Nc1ccc(C(=O)NCCN2CCOCC2)cc1. The minimum Gasteiger partial charge on any atom is -0.383 e. The summed E-state index contributed by atoms with van der Waals surface area (Å²) in [4.78, 5) is 26.0. The van der Waals surface area contributed by atoms with Crippen LogP contribution in [0, 0.1) is 0 Å². The molecule has 1 aliphatic rings. The molecule has 0 radical (unpaired) electrons. The van der Waals surface area contributed by atoms with Gasteiger partial charge in [-0.3, -0.25) is 9.69 Å². The summed E-state index contributed by atoms with van der Waals surface area (Å²) in [5, 5.41) is 8.26. The fourth-order valence-corrected chi connectivity index (χ4v) is 2.40. The number of hydrogen-bond acceptors (Lipinski definition) is 5. The van der Waals surface area contributed by atoms with Crippen molar-refractivity contribution in [2.45, 2.75) is 0 Å². The summed E-state index contributed by atoms with van der Waals surface area (Å²) >= 11 is 0. The number of anilines is 1. The van der Waals surface area contributed by atoms with Crippen LogP contribution in [0.25, 0.3) is 0 Å². The topological polar surface area (TPSA) is 91.9 Å². The first-order valence-corrected chi connectivity index (χ1v) is 8.41. The fourth-order valence-electron chi connectivity index (χ4n) is 2.40. The van der Waals surface area contributed by atoms with E-state index in [2.05, 4.69) is 20.9 Å². The van der Waals surface area contributed by atoms with Gasteiger partial charge >= 0.3 is 6.03 Å². The highest BCUT2D eigenvalue weighted by molar-refractivity contribution is 5.95. The lowest BCUT2D eigenvalue weighted by atomic mass is 10.2. The number of methoxy groups -OCH3 is 1. The lowest BCUT2D eigenvalue weighted by molar-refractivity contribution is 0.0383. The second-order valence-electron chi connectivity index (χ2n) is 5.66. The molecule has 138 valence electrons. The van der Waals surface area contributed by atoms with Crippen LogP contribution in [0.1, 0.15) is 10.4 Å². The van der Waals surface area contributed by atoms with Gasteiger partial charge in [0.25, 0.3) is 5.91 Å². The average Bonchev–Trinajstić information content (AvgIpc) is 2.63. The Morgan fingerprint density at radius 1 is 1.12 bits per heavy atom. The van der Waals surface area contributed by atoms with E-state index in [1.165, 1.54) is 0 Å². The van der Waals surface area contributed by atoms with Crippen molar-refractivity contribution in [3.63, 3.8) is 0 Å². The van der Waals surface area contributed by atoms with Gasteiger partial charge in [0.2, 0.25) is 0 Å². The number of nitrogens with one attached hydrogen (secondary N) is 3. The predicted octanol–water partition coefficient (Wildman–Crippen LogP) is 0.517. The summed E-state index contributed by atoms with van der Waals surface area (Å²) in [6, 6.07) is 6.48. The Bertz CT molecular complexity index is 544. The zero-order valence-electron chi connectivity index (χ0n) is 14.5. The molecule has 8 heteroatoms. The van der Waals surface area contributed by atoms with Gasteiger partial charge in [0, 0.05) is 51.1 Å². The van der Waals surface area contributed by atoms with Gasteiger partial charge in [-0.05, 0) is 24.3 Å². The van der Waals surface area contributed by atoms with Gasteiger partial charge in [-0.25, -0.2) is 4.79 Å². The predicted molar refractivity (Wildman–Crippen MR) is 94.9 cm³/mol. The summed E-state index contributed by atoms with van der Waals surface area (Å²) in [5.41, 5.74) is 1.19. The largest absolute Gasteiger partial charge is 0.383 e. The molecule has 25 heavy (non-hydrogen) atoms. The molecule has 1 aromatic carbocycles. The molecular weight excluding hydrogens is 324 g/mol. The van der Waals surface area contributed by atoms with Crippen LogP contribution >= 0.6 is 0 Å². The van der Waals surface area contributed by atoms with Gasteiger partial charge in [0.1, 0.15) is 0 Å². The summed E-state index contributed by atoms with van der Waals surface area (Å²) in [5.74, 6) is -0.121. The summed E-state index contributed by atoms with van der Waals surface area (Å²) in [6.45, 7) is 5.62. The van der Waals surface area contributed by atoms with Crippen LogP contribution in [0.4, 0.5) is 10.5 Å². The standard InChI is InChI=1S/C17H26N4O4/c1-24-11-7-19-17(23)20-15-4-2-14(3-5-15)16(22)18-6-8-21-9-12-25-13-10-21/h2-5H,6-13H2,1H3,(H,18,22)(H2,19,20,23). The van der Waals surface area contributed by atoms with Crippen molar-refractivity contribution in [2.75, 3.05) is 65.0 Å². The van der Waals surface area contributed by atoms with Gasteiger partial charge in [0.05, 0.1) is 19.8 Å². The first-order chi connectivity index (χ1) is 12.2. The van der Waals surface area contributed by atoms with E-state index in [9.17, 15) is 9.59 Å². The summed E-state index contributed by atoms with van der Waals surface area (Å²) in [6.07, 6.45) is 0. The monoisotopic (exact) mass is 350 g/mol. The molecule has 3 N–H and O–H groups in total. The Hall–Kier alpha value is -2.16. The molecule has 0 atom stereocenters. The molecule has 2 rings (SSSR count). The fraction of sp³-hybridized carbons (Fsp3) is 0.529. The van der Waals surface area contributed by atoms with E-state index in [0.29, 0.717) is 30.9 Å². The zero-order chi connectivity index (χ0) is 17.9. The van der Waals surface area contributed by atoms with Gasteiger partial charge in [-0.1, -0.05) is 0 Å². The maximum absolute atomic E-state index is 12.1. The maximum Gasteiger partial charge on any atom is 0.319 e. The summed E-state index contributed by atoms with van der Waals surface area (Å²) < 4.78 is 10.2. The molecule has 3 amide bonds. The second kappa shape index (κ2) is 10.7. The number of amides is 3. The third-order valence-electron chi connectivity index (χ3n) is 3.81. The number of nitrogens with zero attached hydrogens (tertiary/aromatic N) is 1. The highest BCUT2D eigenvalue weighted by atomic mass is 16.5. The van der Waals surface area contributed by atoms with Crippen LogP contribution in [-0.4, -0.2) is 76.5 Å². The minimum absolute atomic E-state index is 0.121. The normalized spacial score (nSPS) is 14.8. The van der Waals surface area contributed by atoms with Crippen molar-refractivity contribution < 1.29 is 19.1 Å². The van der Waals surface area contributed by atoms with Crippen LogP contribution in [0.5, 0.6) is 0 Å². The molecule has 0 unspecified atom stereocenters. The molecule has 1 heterocycles. The first-order valence-electron chi connectivity index (χ1n) is 8.41. The van der Waals surface area contributed by atoms with E-state index in [-0.39, 0.29) is 11.9 Å². The van der Waals surface area contributed by atoms with Crippen molar-refractivity contribution in [1.82, 2.24) is 15.5 Å². The Kier molecular flexibility index (Phi) is 8.17. The number of ether oxygens (including phenoxy) is 2. The number of morpholine rings is 1. The van der Waals surface area contributed by atoms with E-state index in [1.54, 1.807) is 31.4 Å². The van der Waals surface area contributed by atoms with Crippen molar-refractivity contribution in [3.05, 3.63) is 29.8 Å². The third-order valence-corrected chi connectivity index (χ3v) is 3.81. The van der Waals surface area contributed by atoms with Gasteiger partial charge in [0.15, 0.2) is 0 Å². The van der Waals surface area contributed by atoms with Crippen LogP contribution < -0.4 is 16.0 Å². The number of benzene rings is 1. The quantitative estimate of drug-likeness (QED) is 0.595. The first kappa shape index (κ1) is 19.2. The lowest BCUT2D eigenvalue weighted by Crippen LogP contribution is -2.41. The highest BCUT2D eigenvalue weighted by Crippen LogP contribution is 2.09. The van der Waals surface area contributed by atoms with Crippen molar-refractivity contribution in [2.24, 2.45) is 0 Å². The van der Waals surface area contributed by atoms with E-state index >= 15 is 0 Å². The number of hydrogen-bond donors (Lipinski definition) is 3. The Balaban J connectivity index is 1.70. The number of urea groups is 1. The molecule has 0 bridgehead atoms. The smallest absolute Gasteiger partial charge is 0.319 e. The van der Waals surface area contributed by atoms with Crippen molar-refractivity contribution >= 4 is 17.6 Å². The Morgan fingerprint density at radius 2 is 1.84 bits per heavy atom. The van der Waals surface area contributed by atoms with E-state index in [0.717, 1.165) is 32.8 Å². The Labute approximate surface area is 147 Å². The lowest BCUT2D eigenvalue weighted by Gasteiger charge is -2.26. The number of carbonyl (C=O) groups is 2. The Morgan fingerprint density at radius 3 is 2.52 bits per heavy atom. The van der Waals surface area contributed by atoms with E-state index < -0.39 is 0 Å². The number of rotatable bonds is 8. The summed E-state index contributed by atoms with van der Waals surface area (Å²) in [7, 11) is 1.57. The molecule has 1 aromatic rings. The molecule has 1 saturated heterocycles. The van der Waals surface area contributed by atoms with Crippen LogP contribution in [0.15, 0.2) is 24.3 Å². The van der Waals surface area contributed by atoms with Crippen molar-refractivity contribution in [3.8, 4) is 0 Å². The molecule has 0 aromatic heterocycles. The molecule has 8 nitrogen and oxygen atoms in total. The van der Waals surface area contributed by atoms with Crippen LogP contribution in [-0.2, 0) is 9.47 Å². The number of carbonyl (C=O) groups excluding carboxylic acids is 2. The molecular formula is C17H26N4O4. The highest BCUT2D eigenvalue weighted by Gasteiger charge is 2.11. The van der Waals surface area contributed by atoms with E-state index in [1.807, 2.05) is 0 Å². The minimum atomic E-state index is -0.306. The third kappa shape index (κ3) is 7.08. The maximum atomic E-state index is 12.1. The molecule has 0 aliphatic carbocycles. The van der Waals surface area contributed by atoms with Crippen LogP contribution in [0.3, 0.4) is 0 Å². The molecule has 0 saturated carbocycles. The van der Waals surface area contributed by atoms with Gasteiger partial charge in [-0.15, -0.1) is 0 Å². The van der Waals surface area contributed by atoms with E-state index in [4.69, 9.17) is 9.47 Å². The van der Waals surface area contributed by atoms with Crippen LogP contribution in [0.2, 0.25) is 0 Å². The van der Waals surface area contributed by atoms with Gasteiger partial charge < -0.3 is 25.4 Å². The average molecular weight is 350 g/mol. The second-order valence-corrected chi connectivity index (χ2v) is 5.66. The molecule has 1 aliphatic heterocycles. The van der Waals surface area contributed by atoms with Gasteiger partial charge in [-0.2, -0.15) is 0 Å². The molecule has 1 fully saturated rings.